The molecule has 0 radical (unpaired) electrons. The molecule has 0 saturated heterocycles. The van der Waals surface area contributed by atoms with E-state index in [0.29, 0.717) is 28.7 Å². The molecule has 0 aliphatic rings. The van der Waals surface area contributed by atoms with E-state index in [-0.39, 0.29) is 12.3 Å². The Hall–Kier alpha value is -3.85. The molecule has 160 valence electrons. The van der Waals surface area contributed by atoms with Crippen molar-refractivity contribution in [1.29, 1.82) is 0 Å². The van der Waals surface area contributed by atoms with Crippen molar-refractivity contribution in [3.05, 3.63) is 95.3 Å². The Kier molecular flexibility index (Phi) is 6.88. The summed E-state index contributed by atoms with van der Waals surface area (Å²) in [6.07, 6.45) is 2.79. The molecule has 10 heteroatoms. The summed E-state index contributed by atoms with van der Waals surface area (Å²) < 4.78 is 11.5. The van der Waals surface area contributed by atoms with Gasteiger partial charge in [-0.3, -0.25) is 19.9 Å². The van der Waals surface area contributed by atoms with Gasteiger partial charge in [0.25, 0.3) is 0 Å². The second kappa shape index (κ2) is 9.77. The molecule has 2 aromatic carbocycles. The van der Waals surface area contributed by atoms with Crippen LogP contribution >= 0.6 is 11.6 Å². The summed E-state index contributed by atoms with van der Waals surface area (Å²) in [6.45, 7) is 2.46. The second-order valence-electron chi connectivity index (χ2n) is 6.28. The van der Waals surface area contributed by atoms with Gasteiger partial charge in [0.1, 0.15) is 12.3 Å². The van der Waals surface area contributed by atoms with E-state index in [1.54, 1.807) is 24.3 Å². The van der Waals surface area contributed by atoms with Crippen LogP contribution in [0.3, 0.4) is 0 Å². The number of rotatable bonds is 8. The zero-order chi connectivity index (χ0) is 22.4. The minimum absolute atomic E-state index is 0.212. The molecule has 3 rings (SSSR count). The first kappa shape index (κ1) is 21.8. The summed E-state index contributed by atoms with van der Waals surface area (Å²) in [4.78, 5) is 37.6. The summed E-state index contributed by atoms with van der Waals surface area (Å²) in [5, 5.41) is 11.7. The zero-order valence-electron chi connectivity index (χ0n) is 16.4. The van der Waals surface area contributed by atoms with Crippen LogP contribution in [0, 0.1) is 10.1 Å². The molecule has 1 heterocycles. The van der Waals surface area contributed by atoms with Crippen LogP contribution in [0.2, 0.25) is 5.02 Å². The van der Waals surface area contributed by atoms with Crippen LogP contribution in [0.4, 0.5) is 5.69 Å². The molecule has 3 aromatic rings. The highest BCUT2D eigenvalue weighted by Gasteiger charge is 2.18. The molecule has 2 N–H and O–H groups in total. The molecule has 1 aromatic heterocycles. The van der Waals surface area contributed by atoms with E-state index in [4.69, 9.17) is 21.1 Å². The van der Waals surface area contributed by atoms with E-state index < -0.39 is 21.9 Å². The first-order valence-electron chi connectivity index (χ1n) is 9.21. The highest BCUT2D eigenvalue weighted by molar-refractivity contribution is 6.31. The number of benzene rings is 2. The molecule has 31 heavy (non-hydrogen) atoms. The number of aromatic amines is 2. The fourth-order valence-electron chi connectivity index (χ4n) is 2.77. The lowest BCUT2D eigenvalue weighted by atomic mass is 10.1. The number of nitrogens with one attached hydrogen (secondary N) is 2. The Morgan fingerprint density at radius 2 is 1.84 bits per heavy atom. The largest absolute Gasteiger partial charge is 0.490 e. The van der Waals surface area contributed by atoms with Crippen molar-refractivity contribution in [2.24, 2.45) is 0 Å². The van der Waals surface area contributed by atoms with Crippen LogP contribution in [0.15, 0.2) is 52.1 Å². The van der Waals surface area contributed by atoms with Crippen LogP contribution in [0.1, 0.15) is 23.7 Å². The minimum atomic E-state index is -1.08. The Morgan fingerprint density at radius 3 is 2.55 bits per heavy atom. The third-order valence-corrected chi connectivity index (χ3v) is 4.55. The molecule has 0 fully saturated rings. The predicted octanol–water partition coefficient (Wildman–Crippen LogP) is 3.77. The Balaban J connectivity index is 1.88. The summed E-state index contributed by atoms with van der Waals surface area (Å²) in [5.74, 6) is 0.958. The van der Waals surface area contributed by atoms with Crippen LogP contribution in [-0.2, 0) is 6.61 Å². The molecule has 0 spiro atoms. The lowest BCUT2D eigenvalue weighted by molar-refractivity contribution is -0.386. The normalized spacial score (nSPS) is 10.9. The van der Waals surface area contributed by atoms with Crippen molar-refractivity contribution < 1.29 is 14.4 Å². The number of nitrogens with zero attached hydrogens (tertiary/aromatic N) is 1. The smallest absolute Gasteiger partial charge is 0.357 e. The Morgan fingerprint density at radius 1 is 1.06 bits per heavy atom. The average molecular weight is 444 g/mol. The molecular formula is C21H18ClN3O6. The lowest BCUT2D eigenvalue weighted by Crippen LogP contribution is -2.25. The van der Waals surface area contributed by atoms with E-state index >= 15 is 0 Å². The van der Waals surface area contributed by atoms with Crippen molar-refractivity contribution in [3.63, 3.8) is 0 Å². The van der Waals surface area contributed by atoms with Crippen LogP contribution < -0.4 is 20.7 Å². The molecule has 0 aliphatic carbocycles. The number of H-pyrrole nitrogens is 2. The van der Waals surface area contributed by atoms with E-state index in [9.17, 15) is 19.7 Å². The molecule has 9 nitrogen and oxygen atoms in total. The van der Waals surface area contributed by atoms with Gasteiger partial charge in [-0.25, -0.2) is 4.79 Å². The fraction of sp³-hybridized carbons (Fsp3) is 0.143. The highest BCUT2D eigenvalue weighted by Crippen LogP contribution is 2.30. The van der Waals surface area contributed by atoms with Gasteiger partial charge in [0, 0.05) is 10.6 Å². The van der Waals surface area contributed by atoms with E-state index in [0.717, 1.165) is 5.56 Å². The molecule has 0 unspecified atom stereocenters. The minimum Gasteiger partial charge on any atom is -0.490 e. The van der Waals surface area contributed by atoms with Gasteiger partial charge < -0.3 is 14.5 Å². The van der Waals surface area contributed by atoms with Gasteiger partial charge in [-0.1, -0.05) is 41.9 Å². The quantitative estimate of drug-likeness (QED) is 0.403. The topological polar surface area (TPSA) is 127 Å². The predicted molar refractivity (Wildman–Crippen MR) is 117 cm³/mol. The maximum Gasteiger partial charge on any atom is 0.357 e. The van der Waals surface area contributed by atoms with Crippen molar-refractivity contribution in [2.45, 2.75) is 13.5 Å². The summed E-state index contributed by atoms with van der Waals surface area (Å²) in [6, 6.07) is 12.4. The van der Waals surface area contributed by atoms with Gasteiger partial charge in [0.2, 0.25) is 0 Å². The number of nitro groups is 1. The number of ether oxygens (including phenoxy) is 2. The summed E-state index contributed by atoms with van der Waals surface area (Å²) in [5.41, 5.74) is -1.44. The van der Waals surface area contributed by atoms with Crippen LogP contribution in [0.25, 0.3) is 12.2 Å². The van der Waals surface area contributed by atoms with Gasteiger partial charge in [-0.2, -0.15) is 0 Å². The average Bonchev–Trinajstić information content (AvgIpc) is 2.72. The third kappa shape index (κ3) is 5.40. The van der Waals surface area contributed by atoms with Gasteiger partial charge >= 0.3 is 16.9 Å². The summed E-state index contributed by atoms with van der Waals surface area (Å²) >= 11 is 6.16. The molecule has 0 saturated carbocycles. The molecular weight excluding hydrogens is 426 g/mol. The van der Waals surface area contributed by atoms with Gasteiger partial charge in [0.15, 0.2) is 11.5 Å². The van der Waals surface area contributed by atoms with Gasteiger partial charge in [0.05, 0.1) is 11.5 Å². The lowest BCUT2D eigenvalue weighted by Gasteiger charge is -2.13. The maximum absolute atomic E-state index is 11.7. The number of halogens is 1. The van der Waals surface area contributed by atoms with Crippen molar-refractivity contribution in [1.82, 2.24) is 9.97 Å². The number of aromatic nitrogens is 2. The third-order valence-electron chi connectivity index (χ3n) is 4.18. The first-order valence-corrected chi connectivity index (χ1v) is 9.59. The van der Waals surface area contributed by atoms with E-state index in [1.165, 1.54) is 12.2 Å². The van der Waals surface area contributed by atoms with Gasteiger partial charge in [-0.05, 0) is 36.8 Å². The molecule has 0 aliphatic heterocycles. The van der Waals surface area contributed by atoms with Gasteiger partial charge in [-0.15, -0.1) is 0 Å². The number of hydrogen-bond donors (Lipinski definition) is 2. The standard InChI is InChI=1S/C21H18ClN3O6/c1-2-30-18-11-13(7-9-16-19(25(28)29)20(26)24-21(27)23-16)8-10-17(18)31-12-14-5-3-4-6-15(14)22/h3-11H,2,12H2,1H3,(H2,23,24,26,27)/b9-7-. The van der Waals surface area contributed by atoms with Crippen LogP contribution in [0.5, 0.6) is 11.5 Å². The van der Waals surface area contributed by atoms with Crippen molar-refractivity contribution in [2.75, 3.05) is 6.61 Å². The van der Waals surface area contributed by atoms with Crippen molar-refractivity contribution >= 4 is 29.4 Å². The number of hydrogen-bond acceptors (Lipinski definition) is 6. The van der Waals surface area contributed by atoms with Crippen molar-refractivity contribution in [3.8, 4) is 11.5 Å². The monoisotopic (exact) mass is 443 g/mol. The fourth-order valence-corrected chi connectivity index (χ4v) is 2.96. The van der Waals surface area contributed by atoms with E-state index in [2.05, 4.69) is 4.98 Å². The Labute approximate surface area is 181 Å². The van der Waals surface area contributed by atoms with Crippen LogP contribution in [-0.4, -0.2) is 21.5 Å². The summed E-state index contributed by atoms with van der Waals surface area (Å²) in [7, 11) is 0. The molecule has 0 atom stereocenters. The second-order valence-corrected chi connectivity index (χ2v) is 6.69. The highest BCUT2D eigenvalue weighted by atomic mass is 35.5. The first-order chi connectivity index (χ1) is 14.9. The molecule has 0 bridgehead atoms. The maximum atomic E-state index is 11.7. The SMILES string of the molecule is CCOc1cc(/C=C\c2[nH]c(=O)[nH]c(=O)c2[N+](=O)[O-])ccc1OCc1ccccc1Cl. The van der Waals surface area contributed by atoms with E-state index in [1.807, 2.05) is 30.1 Å². The zero-order valence-corrected chi connectivity index (χ0v) is 17.1. The molecule has 0 amide bonds. The Bertz CT molecular complexity index is 1250.